The molecule has 0 radical (unpaired) electrons. The normalized spacial score (nSPS) is 12.5. The molecule has 0 spiro atoms. The van der Waals surface area contributed by atoms with Gasteiger partial charge in [-0.2, -0.15) is 0 Å². The van der Waals surface area contributed by atoms with Crippen LogP contribution in [0, 0.1) is 6.92 Å². The van der Waals surface area contributed by atoms with E-state index < -0.39 is 0 Å². The third kappa shape index (κ3) is 4.18. The third-order valence-corrected chi connectivity index (χ3v) is 1.88. The van der Waals surface area contributed by atoms with Crippen LogP contribution in [0.25, 0.3) is 0 Å². The van der Waals surface area contributed by atoms with E-state index in [0.717, 1.165) is 31.0 Å². The molecule has 0 aromatic carbocycles. The van der Waals surface area contributed by atoms with E-state index in [9.17, 15) is 0 Å². The molecule has 0 aliphatic rings. The average Bonchev–Trinajstić information content (AvgIpc) is 2.12. The minimum absolute atomic E-state index is 0.219. The predicted octanol–water partition coefficient (Wildman–Crippen LogP) is 1.36. The van der Waals surface area contributed by atoms with E-state index in [4.69, 9.17) is 5.11 Å². The summed E-state index contributed by atoms with van der Waals surface area (Å²) in [6, 6.07) is 1.84. The summed E-state index contributed by atoms with van der Waals surface area (Å²) < 4.78 is 0. The topological polar surface area (TPSA) is 58.0 Å². The highest BCUT2D eigenvalue weighted by Gasteiger charge is 1.96. The second-order valence-electron chi connectivity index (χ2n) is 3.41. The summed E-state index contributed by atoms with van der Waals surface area (Å²) in [7, 11) is 0. The zero-order valence-electron chi connectivity index (χ0n) is 8.70. The molecule has 4 nitrogen and oxygen atoms in total. The Morgan fingerprint density at radius 2 is 2.36 bits per heavy atom. The molecule has 1 aromatic heterocycles. The van der Waals surface area contributed by atoms with E-state index >= 15 is 0 Å². The first-order valence-electron chi connectivity index (χ1n) is 4.90. The van der Waals surface area contributed by atoms with Crippen molar-refractivity contribution in [3.63, 3.8) is 0 Å². The lowest BCUT2D eigenvalue weighted by molar-refractivity contribution is 0.183. The molecule has 0 saturated heterocycles. The molecular weight excluding hydrogens is 178 g/mol. The monoisotopic (exact) mass is 195 g/mol. The highest BCUT2D eigenvalue weighted by Crippen LogP contribution is 2.02. The van der Waals surface area contributed by atoms with Crippen LogP contribution in [0.2, 0.25) is 0 Å². The number of aromatic nitrogens is 2. The van der Waals surface area contributed by atoms with Gasteiger partial charge in [-0.25, -0.2) is 9.97 Å². The van der Waals surface area contributed by atoms with E-state index in [2.05, 4.69) is 15.3 Å². The molecule has 0 fully saturated rings. The largest absolute Gasteiger partial charge is 0.393 e. The summed E-state index contributed by atoms with van der Waals surface area (Å²) in [6.45, 7) is 4.50. The smallest absolute Gasteiger partial charge is 0.129 e. The molecule has 14 heavy (non-hydrogen) atoms. The van der Waals surface area contributed by atoms with Gasteiger partial charge in [0.2, 0.25) is 0 Å². The predicted molar refractivity (Wildman–Crippen MR) is 56.2 cm³/mol. The fraction of sp³-hybridized carbons (Fsp3) is 0.600. The molecule has 78 valence electrons. The molecular formula is C10H17N3O. The zero-order chi connectivity index (χ0) is 10.4. The van der Waals surface area contributed by atoms with Gasteiger partial charge in [-0.3, -0.25) is 0 Å². The maximum absolute atomic E-state index is 9.04. The molecule has 0 amide bonds. The van der Waals surface area contributed by atoms with Crippen LogP contribution in [-0.2, 0) is 0 Å². The number of aryl methyl sites for hydroxylation is 1. The Hall–Kier alpha value is -1.16. The van der Waals surface area contributed by atoms with Crippen molar-refractivity contribution in [1.82, 2.24) is 9.97 Å². The Balaban J connectivity index is 2.25. The van der Waals surface area contributed by atoms with E-state index in [-0.39, 0.29) is 6.10 Å². The maximum Gasteiger partial charge on any atom is 0.129 e. The van der Waals surface area contributed by atoms with Gasteiger partial charge in [0.25, 0.3) is 0 Å². The molecule has 1 aromatic rings. The van der Waals surface area contributed by atoms with E-state index in [1.54, 1.807) is 13.1 Å². The first kappa shape index (κ1) is 10.9. The molecule has 0 aliphatic heterocycles. The summed E-state index contributed by atoms with van der Waals surface area (Å²) in [6.07, 6.45) is 3.28. The number of aliphatic hydroxyl groups is 1. The van der Waals surface area contributed by atoms with E-state index in [1.165, 1.54) is 0 Å². The zero-order valence-corrected chi connectivity index (χ0v) is 8.70. The van der Waals surface area contributed by atoms with Crippen molar-refractivity contribution in [2.75, 3.05) is 11.9 Å². The third-order valence-electron chi connectivity index (χ3n) is 1.88. The molecule has 1 unspecified atom stereocenters. The van der Waals surface area contributed by atoms with Gasteiger partial charge in [-0.1, -0.05) is 0 Å². The molecule has 4 heteroatoms. The quantitative estimate of drug-likeness (QED) is 0.696. The highest BCUT2D eigenvalue weighted by atomic mass is 16.3. The molecule has 0 aliphatic carbocycles. The molecule has 0 bridgehead atoms. The minimum atomic E-state index is -0.219. The Morgan fingerprint density at radius 3 is 3.00 bits per heavy atom. The SMILES string of the molecule is Cc1nccc(NCCCC(C)O)n1. The van der Waals surface area contributed by atoms with Crippen molar-refractivity contribution in [3.05, 3.63) is 18.1 Å². The van der Waals surface area contributed by atoms with Crippen LogP contribution >= 0.6 is 0 Å². The van der Waals surface area contributed by atoms with Gasteiger partial charge in [-0.05, 0) is 32.8 Å². The first-order valence-corrected chi connectivity index (χ1v) is 4.90. The molecule has 2 N–H and O–H groups in total. The van der Waals surface area contributed by atoms with Crippen LogP contribution < -0.4 is 5.32 Å². The van der Waals surface area contributed by atoms with Crippen LogP contribution in [0.15, 0.2) is 12.3 Å². The van der Waals surface area contributed by atoms with Gasteiger partial charge in [0, 0.05) is 12.7 Å². The number of nitrogens with zero attached hydrogens (tertiary/aromatic N) is 2. The Morgan fingerprint density at radius 1 is 1.57 bits per heavy atom. The van der Waals surface area contributed by atoms with Gasteiger partial charge in [0.05, 0.1) is 6.10 Å². The van der Waals surface area contributed by atoms with Crippen molar-refractivity contribution in [1.29, 1.82) is 0 Å². The van der Waals surface area contributed by atoms with Gasteiger partial charge in [0.15, 0.2) is 0 Å². The van der Waals surface area contributed by atoms with Crippen LogP contribution in [0.3, 0.4) is 0 Å². The number of anilines is 1. The maximum atomic E-state index is 9.04. The van der Waals surface area contributed by atoms with Crippen molar-refractivity contribution < 1.29 is 5.11 Å². The standard InChI is InChI=1S/C10H17N3O/c1-8(14)4-3-6-12-10-5-7-11-9(2)13-10/h5,7-8,14H,3-4,6H2,1-2H3,(H,11,12,13). The number of hydrogen-bond acceptors (Lipinski definition) is 4. The molecule has 1 atom stereocenters. The Bertz CT molecular complexity index is 276. The Labute approximate surface area is 84.4 Å². The number of nitrogens with one attached hydrogen (secondary N) is 1. The molecule has 0 saturated carbocycles. The second kappa shape index (κ2) is 5.54. The number of hydrogen-bond donors (Lipinski definition) is 2. The van der Waals surface area contributed by atoms with Gasteiger partial charge in [-0.15, -0.1) is 0 Å². The summed E-state index contributed by atoms with van der Waals surface area (Å²) in [5.74, 6) is 1.62. The van der Waals surface area contributed by atoms with E-state index in [0.29, 0.717) is 0 Å². The molecule has 1 rings (SSSR count). The summed E-state index contributed by atoms with van der Waals surface area (Å²) in [5, 5.41) is 12.2. The lowest BCUT2D eigenvalue weighted by Gasteiger charge is -2.06. The van der Waals surface area contributed by atoms with Crippen molar-refractivity contribution in [3.8, 4) is 0 Å². The van der Waals surface area contributed by atoms with Crippen molar-refractivity contribution >= 4 is 5.82 Å². The lowest BCUT2D eigenvalue weighted by Crippen LogP contribution is -2.07. The number of rotatable bonds is 5. The average molecular weight is 195 g/mol. The van der Waals surface area contributed by atoms with E-state index in [1.807, 2.05) is 13.0 Å². The van der Waals surface area contributed by atoms with Crippen molar-refractivity contribution in [2.24, 2.45) is 0 Å². The van der Waals surface area contributed by atoms with Crippen LogP contribution in [0.1, 0.15) is 25.6 Å². The van der Waals surface area contributed by atoms with Crippen LogP contribution in [-0.4, -0.2) is 27.7 Å². The van der Waals surface area contributed by atoms with Gasteiger partial charge < -0.3 is 10.4 Å². The summed E-state index contributed by atoms with van der Waals surface area (Å²) >= 11 is 0. The highest BCUT2D eigenvalue weighted by molar-refractivity contribution is 5.32. The molecule has 1 heterocycles. The fourth-order valence-electron chi connectivity index (χ4n) is 1.17. The fourth-order valence-corrected chi connectivity index (χ4v) is 1.17. The van der Waals surface area contributed by atoms with Crippen LogP contribution in [0.4, 0.5) is 5.82 Å². The summed E-state index contributed by atoms with van der Waals surface area (Å²) in [5.41, 5.74) is 0. The first-order chi connectivity index (χ1) is 6.68. The Kier molecular flexibility index (Phi) is 4.32. The summed E-state index contributed by atoms with van der Waals surface area (Å²) in [4.78, 5) is 8.21. The second-order valence-corrected chi connectivity index (χ2v) is 3.41. The van der Waals surface area contributed by atoms with Crippen molar-refractivity contribution in [2.45, 2.75) is 32.8 Å². The number of aliphatic hydroxyl groups excluding tert-OH is 1. The lowest BCUT2D eigenvalue weighted by atomic mass is 10.2. The van der Waals surface area contributed by atoms with Gasteiger partial charge in [0.1, 0.15) is 11.6 Å². The minimum Gasteiger partial charge on any atom is -0.393 e. The van der Waals surface area contributed by atoms with Gasteiger partial charge >= 0.3 is 0 Å². The van der Waals surface area contributed by atoms with Crippen LogP contribution in [0.5, 0.6) is 0 Å².